The van der Waals surface area contributed by atoms with E-state index < -0.39 is 17.8 Å². The molecule has 0 aromatic heterocycles. The lowest BCUT2D eigenvalue weighted by Crippen LogP contribution is -2.54. The number of nitrogens with zero attached hydrogens (tertiary/aromatic N) is 2. The minimum atomic E-state index is -0.735. The highest BCUT2D eigenvalue weighted by Crippen LogP contribution is 2.44. The third-order valence-corrected chi connectivity index (χ3v) is 6.49. The molecule has 0 saturated carbocycles. The minimum absolute atomic E-state index is 0.0362. The van der Waals surface area contributed by atoms with E-state index in [4.69, 9.17) is 0 Å². The fraction of sp³-hybridized carbons (Fsp3) is 0.370. The summed E-state index contributed by atoms with van der Waals surface area (Å²) >= 11 is 0. The van der Waals surface area contributed by atoms with E-state index in [9.17, 15) is 14.4 Å². The standard InChI is InChI=1S/C27H31N3O3/c1-16(2)30-23-11-10-19(13-21(23)18(4)15-27(30,5)6)14-22-24(31)28-26(33)29(25(22)32)20-9-7-8-17(3)12-20/h7-14,16,18H,15H2,1-6H3,(H,28,31,33)/b22-14+. The Bertz CT molecular complexity index is 1180. The van der Waals surface area contributed by atoms with Gasteiger partial charge in [0.1, 0.15) is 5.57 Å². The summed E-state index contributed by atoms with van der Waals surface area (Å²) in [6, 6.07) is 12.8. The van der Waals surface area contributed by atoms with Gasteiger partial charge in [0.05, 0.1) is 5.69 Å². The van der Waals surface area contributed by atoms with Crippen LogP contribution in [0.25, 0.3) is 6.08 Å². The van der Waals surface area contributed by atoms with Crippen LogP contribution in [0.1, 0.15) is 63.6 Å². The SMILES string of the molecule is Cc1cccc(N2C(=O)NC(=O)/C(=C\c3ccc4c(c3)C(C)CC(C)(C)N4C(C)C)C2=O)c1. The Kier molecular flexibility index (Phi) is 5.64. The first-order chi connectivity index (χ1) is 15.5. The van der Waals surface area contributed by atoms with Crippen molar-refractivity contribution in [2.75, 3.05) is 9.80 Å². The first-order valence-electron chi connectivity index (χ1n) is 11.4. The summed E-state index contributed by atoms with van der Waals surface area (Å²) < 4.78 is 0. The zero-order valence-electron chi connectivity index (χ0n) is 20.1. The van der Waals surface area contributed by atoms with Crippen molar-refractivity contribution < 1.29 is 14.4 Å². The number of nitrogens with one attached hydrogen (secondary N) is 1. The summed E-state index contributed by atoms with van der Waals surface area (Å²) in [6.07, 6.45) is 2.59. The van der Waals surface area contributed by atoms with Crippen LogP contribution < -0.4 is 15.1 Å². The van der Waals surface area contributed by atoms with Gasteiger partial charge in [-0.3, -0.25) is 14.9 Å². The summed E-state index contributed by atoms with van der Waals surface area (Å²) in [6.45, 7) is 13.0. The predicted molar refractivity (Wildman–Crippen MR) is 131 cm³/mol. The van der Waals surface area contributed by atoms with Crippen LogP contribution in [0.2, 0.25) is 0 Å². The van der Waals surface area contributed by atoms with E-state index in [0.717, 1.165) is 22.4 Å². The number of rotatable bonds is 3. The number of carbonyl (C=O) groups is 3. The Morgan fingerprint density at radius 1 is 1.09 bits per heavy atom. The average molecular weight is 446 g/mol. The number of barbiturate groups is 1. The Hall–Kier alpha value is -3.41. The maximum Gasteiger partial charge on any atom is 0.335 e. The number of anilines is 2. The minimum Gasteiger partial charge on any atom is -0.364 e. The number of hydrogen-bond donors (Lipinski definition) is 1. The van der Waals surface area contributed by atoms with E-state index in [1.807, 2.05) is 19.1 Å². The van der Waals surface area contributed by atoms with Crippen molar-refractivity contribution in [3.05, 3.63) is 64.7 Å². The van der Waals surface area contributed by atoms with Gasteiger partial charge in [0, 0.05) is 17.3 Å². The summed E-state index contributed by atoms with van der Waals surface area (Å²) in [5.74, 6) is -0.959. The summed E-state index contributed by atoms with van der Waals surface area (Å²) in [5.41, 5.74) is 4.48. The van der Waals surface area contributed by atoms with Crippen molar-refractivity contribution in [3.63, 3.8) is 0 Å². The highest BCUT2D eigenvalue weighted by atomic mass is 16.2. The molecule has 2 aromatic carbocycles. The van der Waals surface area contributed by atoms with E-state index in [0.29, 0.717) is 17.6 Å². The molecule has 2 heterocycles. The molecule has 0 aliphatic carbocycles. The molecule has 6 nitrogen and oxygen atoms in total. The molecule has 4 rings (SSSR count). The molecule has 1 unspecified atom stereocenters. The van der Waals surface area contributed by atoms with Gasteiger partial charge in [0.25, 0.3) is 11.8 Å². The summed E-state index contributed by atoms with van der Waals surface area (Å²) in [5, 5.41) is 2.30. The number of aryl methyl sites for hydroxylation is 1. The van der Waals surface area contributed by atoms with Crippen molar-refractivity contribution in [1.82, 2.24) is 5.32 Å². The maximum atomic E-state index is 13.2. The van der Waals surface area contributed by atoms with Crippen LogP contribution >= 0.6 is 0 Å². The summed E-state index contributed by atoms with van der Waals surface area (Å²) in [4.78, 5) is 41.7. The van der Waals surface area contributed by atoms with Gasteiger partial charge in [-0.2, -0.15) is 0 Å². The molecule has 6 heteroatoms. The molecular weight excluding hydrogens is 414 g/mol. The van der Waals surface area contributed by atoms with E-state index in [1.165, 1.54) is 11.3 Å². The van der Waals surface area contributed by atoms with Crippen molar-refractivity contribution in [1.29, 1.82) is 0 Å². The molecule has 1 fully saturated rings. The number of hydrogen-bond acceptors (Lipinski definition) is 4. The van der Waals surface area contributed by atoms with Gasteiger partial charge in [-0.05, 0) is 94.0 Å². The van der Waals surface area contributed by atoms with Gasteiger partial charge in [-0.1, -0.05) is 25.1 Å². The van der Waals surface area contributed by atoms with Crippen molar-refractivity contribution in [2.24, 2.45) is 0 Å². The topological polar surface area (TPSA) is 69.7 Å². The van der Waals surface area contributed by atoms with Gasteiger partial charge in [-0.25, -0.2) is 9.69 Å². The lowest BCUT2D eigenvalue weighted by molar-refractivity contribution is -0.122. The zero-order chi connectivity index (χ0) is 24.1. The van der Waals surface area contributed by atoms with Crippen LogP contribution in [-0.2, 0) is 9.59 Å². The fourth-order valence-corrected chi connectivity index (χ4v) is 5.36. The maximum absolute atomic E-state index is 13.2. The molecule has 0 spiro atoms. The lowest BCUT2D eigenvalue weighted by atomic mass is 9.78. The first-order valence-corrected chi connectivity index (χ1v) is 11.4. The van der Waals surface area contributed by atoms with E-state index in [2.05, 4.69) is 57.0 Å². The van der Waals surface area contributed by atoms with Gasteiger partial charge in [-0.15, -0.1) is 0 Å². The van der Waals surface area contributed by atoms with Crippen molar-refractivity contribution in [3.8, 4) is 0 Å². The molecule has 1 saturated heterocycles. The second-order valence-corrected chi connectivity index (χ2v) is 10.00. The van der Waals surface area contributed by atoms with Crippen LogP contribution in [0.3, 0.4) is 0 Å². The number of imide groups is 2. The highest BCUT2D eigenvalue weighted by molar-refractivity contribution is 6.39. The Labute approximate surface area is 195 Å². The van der Waals surface area contributed by atoms with E-state index in [-0.39, 0.29) is 11.1 Å². The molecule has 0 radical (unpaired) electrons. The molecule has 1 N–H and O–H groups in total. The third kappa shape index (κ3) is 4.06. The van der Waals surface area contributed by atoms with Crippen LogP contribution in [0.15, 0.2) is 48.0 Å². The molecule has 172 valence electrons. The monoisotopic (exact) mass is 445 g/mol. The normalized spacial score (nSPS) is 21.5. The largest absolute Gasteiger partial charge is 0.364 e. The predicted octanol–water partition coefficient (Wildman–Crippen LogP) is 5.16. The number of fused-ring (bicyclic) bond motifs is 1. The average Bonchev–Trinajstić information content (AvgIpc) is 2.70. The van der Waals surface area contributed by atoms with Gasteiger partial charge in [0.15, 0.2) is 0 Å². The number of amides is 4. The molecule has 2 aliphatic rings. The second kappa shape index (κ2) is 8.18. The fourth-order valence-electron chi connectivity index (χ4n) is 5.36. The first kappa shape index (κ1) is 22.8. The Morgan fingerprint density at radius 2 is 1.82 bits per heavy atom. The van der Waals surface area contributed by atoms with Crippen LogP contribution in [0.4, 0.5) is 16.2 Å². The second-order valence-electron chi connectivity index (χ2n) is 10.00. The van der Waals surface area contributed by atoms with Crippen molar-refractivity contribution >= 4 is 35.3 Å². The molecule has 4 amide bonds. The number of benzene rings is 2. The van der Waals surface area contributed by atoms with Crippen LogP contribution in [0.5, 0.6) is 0 Å². The van der Waals surface area contributed by atoms with E-state index in [1.54, 1.807) is 24.3 Å². The van der Waals surface area contributed by atoms with E-state index >= 15 is 0 Å². The number of carbonyl (C=O) groups excluding carboxylic acids is 3. The molecular formula is C27H31N3O3. The molecule has 2 aliphatic heterocycles. The van der Waals surface area contributed by atoms with Gasteiger partial charge < -0.3 is 4.90 Å². The van der Waals surface area contributed by atoms with Gasteiger partial charge >= 0.3 is 6.03 Å². The zero-order valence-corrected chi connectivity index (χ0v) is 20.1. The molecule has 2 aromatic rings. The van der Waals surface area contributed by atoms with Crippen LogP contribution in [-0.4, -0.2) is 29.4 Å². The highest BCUT2D eigenvalue weighted by Gasteiger charge is 2.39. The van der Waals surface area contributed by atoms with Crippen LogP contribution in [0, 0.1) is 6.92 Å². The molecule has 0 bridgehead atoms. The number of urea groups is 1. The smallest absolute Gasteiger partial charge is 0.335 e. The lowest BCUT2D eigenvalue weighted by Gasteiger charge is -2.50. The van der Waals surface area contributed by atoms with Gasteiger partial charge in [0.2, 0.25) is 0 Å². The Balaban J connectivity index is 1.74. The molecule has 1 atom stereocenters. The third-order valence-electron chi connectivity index (χ3n) is 6.49. The quantitative estimate of drug-likeness (QED) is 0.523. The summed E-state index contributed by atoms with van der Waals surface area (Å²) in [7, 11) is 0. The molecule has 33 heavy (non-hydrogen) atoms. The Morgan fingerprint density at radius 3 is 2.48 bits per heavy atom. The van der Waals surface area contributed by atoms with Crippen molar-refractivity contribution in [2.45, 2.75) is 65.5 Å².